The molecule has 0 unspecified atom stereocenters. The van der Waals surface area contributed by atoms with Gasteiger partial charge in [0.2, 0.25) is 5.91 Å². The molecule has 0 aliphatic heterocycles. The lowest BCUT2D eigenvalue weighted by molar-refractivity contribution is -0.114. The van der Waals surface area contributed by atoms with E-state index in [0.717, 1.165) is 5.75 Å². The van der Waals surface area contributed by atoms with Crippen LogP contribution >= 0.6 is 0 Å². The van der Waals surface area contributed by atoms with Gasteiger partial charge in [0.15, 0.2) is 11.5 Å². The normalized spacial score (nSPS) is 10.5. The molecule has 3 aromatic rings. The van der Waals surface area contributed by atoms with Gasteiger partial charge in [0.25, 0.3) is 0 Å². The van der Waals surface area contributed by atoms with Gasteiger partial charge in [-0.05, 0) is 46.8 Å². The van der Waals surface area contributed by atoms with E-state index in [1.165, 1.54) is 4.63 Å². The predicted octanol–water partition coefficient (Wildman–Crippen LogP) is 0.603. The molecule has 3 rings (SSSR count). The molecule has 1 N–H and O–H groups in total. The highest BCUT2D eigenvalue weighted by Gasteiger charge is 2.10. The van der Waals surface area contributed by atoms with E-state index in [-0.39, 0.29) is 12.5 Å². The number of aromatic nitrogens is 5. The lowest BCUT2D eigenvalue weighted by atomic mass is 10.3. The molecule has 0 bridgehead atoms. The zero-order valence-corrected chi connectivity index (χ0v) is 12.7. The SMILES string of the molecule is COc1ccc(NC(=O)CN(C)c2ccc3nnnn3n2)cc1. The minimum atomic E-state index is -0.156. The fraction of sp³-hybridized carbons (Fsp3) is 0.214. The van der Waals surface area contributed by atoms with Crippen molar-refractivity contribution in [2.45, 2.75) is 0 Å². The average Bonchev–Trinajstić information content (AvgIpc) is 3.03. The second-order valence-electron chi connectivity index (χ2n) is 4.85. The third-order valence-electron chi connectivity index (χ3n) is 3.20. The van der Waals surface area contributed by atoms with Crippen molar-refractivity contribution in [1.29, 1.82) is 0 Å². The Morgan fingerprint density at radius 3 is 2.78 bits per heavy atom. The van der Waals surface area contributed by atoms with E-state index in [0.29, 0.717) is 17.2 Å². The first-order valence-electron chi connectivity index (χ1n) is 6.86. The number of methoxy groups -OCH3 is 1. The van der Waals surface area contributed by atoms with Gasteiger partial charge in [-0.25, -0.2) is 0 Å². The minimum Gasteiger partial charge on any atom is -0.497 e. The summed E-state index contributed by atoms with van der Waals surface area (Å²) in [5.41, 5.74) is 1.25. The maximum atomic E-state index is 12.1. The average molecular weight is 313 g/mol. The third-order valence-corrected chi connectivity index (χ3v) is 3.20. The number of hydrogen-bond acceptors (Lipinski definition) is 7. The van der Waals surface area contributed by atoms with Gasteiger partial charge in [-0.1, -0.05) is 0 Å². The van der Waals surface area contributed by atoms with Crippen molar-refractivity contribution in [1.82, 2.24) is 25.3 Å². The van der Waals surface area contributed by atoms with E-state index in [2.05, 4.69) is 25.9 Å². The molecule has 1 amide bonds. The molecule has 2 heterocycles. The largest absolute Gasteiger partial charge is 0.497 e. The van der Waals surface area contributed by atoms with Crippen LogP contribution in [0.15, 0.2) is 36.4 Å². The van der Waals surface area contributed by atoms with Gasteiger partial charge in [0.05, 0.1) is 13.7 Å². The Labute approximate surface area is 131 Å². The lowest BCUT2D eigenvalue weighted by Crippen LogP contribution is -2.31. The molecule has 0 aliphatic rings. The molecule has 0 spiro atoms. The Kier molecular flexibility index (Phi) is 4.00. The van der Waals surface area contributed by atoms with Crippen LogP contribution in [0.2, 0.25) is 0 Å². The maximum absolute atomic E-state index is 12.1. The number of fused-ring (bicyclic) bond motifs is 1. The predicted molar refractivity (Wildman–Crippen MR) is 83.5 cm³/mol. The number of hydrogen-bond donors (Lipinski definition) is 1. The number of amides is 1. The number of benzene rings is 1. The molecule has 23 heavy (non-hydrogen) atoms. The van der Waals surface area contributed by atoms with Crippen LogP contribution in [0.25, 0.3) is 5.65 Å². The molecule has 0 fully saturated rings. The summed E-state index contributed by atoms with van der Waals surface area (Å²) in [5, 5.41) is 18.1. The van der Waals surface area contributed by atoms with Gasteiger partial charge < -0.3 is 15.0 Å². The van der Waals surface area contributed by atoms with Gasteiger partial charge >= 0.3 is 0 Å². The highest BCUT2D eigenvalue weighted by atomic mass is 16.5. The molecule has 2 aromatic heterocycles. The molecule has 9 nitrogen and oxygen atoms in total. The van der Waals surface area contributed by atoms with E-state index in [1.54, 1.807) is 55.5 Å². The summed E-state index contributed by atoms with van der Waals surface area (Å²) in [5.74, 6) is 1.17. The number of anilines is 2. The quantitative estimate of drug-likeness (QED) is 0.736. The Morgan fingerprint density at radius 1 is 1.26 bits per heavy atom. The fourth-order valence-electron chi connectivity index (χ4n) is 2.02. The topological polar surface area (TPSA) is 97.5 Å². The lowest BCUT2D eigenvalue weighted by Gasteiger charge is -2.17. The van der Waals surface area contributed by atoms with E-state index in [4.69, 9.17) is 4.74 Å². The van der Waals surface area contributed by atoms with E-state index < -0.39 is 0 Å². The zero-order chi connectivity index (χ0) is 16.2. The van der Waals surface area contributed by atoms with Crippen molar-refractivity contribution < 1.29 is 9.53 Å². The van der Waals surface area contributed by atoms with Crippen LogP contribution in [-0.2, 0) is 4.79 Å². The molecule has 118 valence electrons. The van der Waals surface area contributed by atoms with Crippen LogP contribution in [-0.4, -0.2) is 51.9 Å². The Hall–Kier alpha value is -3.23. The first-order valence-corrected chi connectivity index (χ1v) is 6.86. The number of tetrazole rings is 1. The highest BCUT2D eigenvalue weighted by molar-refractivity contribution is 5.93. The number of likely N-dealkylation sites (N-methyl/N-ethyl adjacent to an activating group) is 1. The molecule has 9 heteroatoms. The Bertz CT molecular complexity index is 815. The summed E-state index contributed by atoms with van der Waals surface area (Å²) < 4.78 is 6.39. The number of rotatable bonds is 5. The van der Waals surface area contributed by atoms with E-state index >= 15 is 0 Å². The first-order chi connectivity index (χ1) is 11.2. The Morgan fingerprint density at radius 2 is 2.04 bits per heavy atom. The summed E-state index contributed by atoms with van der Waals surface area (Å²) in [6.07, 6.45) is 0. The van der Waals surface area contributed by atoms with Gasteiger partial charge in [-0.3, -0.25) is 4.79 Å². The number of carbonyl (C=O) groups is 1. The summed E-state index contributed by atoms with van der Waals surface area (Å²) in [4.78, 5) is 13.8. The number of nitrogens with zero attached hydrogens (tertiary/aromatic N) is 6. The van der Waals surface area contributed by atoms with Gasteiger partial charge in [0.1, 0.15) is 5.75 Å². The van der Waals surface area contributed by atoms with Crippen LogP contribution < -0.4 is 15.0 Å². The van der Waals surface area contributed by atoms with Crippen LogP contribution in [0, 0.1) is 0 Å². The molecule has 0 atom stereocenters. The standard InChI is InChI=1S/C14H15N7O2/c1-20(13-8-7-12-16-18-19-21(12)17-13)9-14(22)15-10-3-5-11(23-2)6-4-10/h3-8H,9H2,1-2H3,(H,15,22). The number of ether oxygens (including phenoxy) is 1. The van der Waals surface area contributed by atoms with Crippen molar-refractivity contribution >= 4 is 23.1 Å². The van der Waals surface area contributed by atoms with Crippen molar-refractivity contribution in [3.8, 4) is 5.75 Å². The van der Waals surface area contributed by atoms with Crippen LogP contribution in [0.3, 0.4) is 0 Å². The summed E-state index contributed by atoms with van der Waals surface area (Å²) >= 11 is 0. The van der Waals surface area contributed by atoms with Crippen molar-refractivity contribution in [2.75, 3.05) is 30.9 Å². The van der Waals surface area contributed by atoms with E-state index in [9.17, 15) is 4.79 Å². The maximum Gasteiger partial charge on any atom is 0.243 e. The van der Waals surface area contributed by atoms with Crippen molar-refractivity contribution in [2.24, 2.45) is 0 Å². The van der Waals surface area contributed by atoms with Gasteiger partial charge in [0, 0.05) is 12.7 Å². The smallest absolute Gasteiger partial charge is 0.243 e. The summed E-state index contributed by atoms with van der Waals surface area (Å²) in [6.45, 7) is 0.145. The highest BCUT2D eigenvalue weighted by Crippen LogP contribution is 2.15. The molecule has 0 radical (unpaired) electrons. The monoisotopic (exact) mass is 313 g/mol. The summed E-state index contributed by atoms with van der Waals surface area (Å²) in [7, 11) is 3.36. The Balaban J connectivity index is 1.63. The van der Waals surface area contributed by atoms with Crippen LogP contribution in [0.5, 0.6) is 5.75 Å². The van der Waals surface area contributed by atoms with Crippen molar-refractivity contribution in [3.05, 3.63) is 36.4 Å². The third kappa shape index (κ3) is 3.34. The second kappa shape index (κ2) is 6.26. The molecule has 0 saturated heterocycles. The van der Waals surface area contributed by atoms with Gasteiger partial charge in [-0.2, -0.15) is 0 Å². The first kappa shape index (κ1) is 14.7. The molecule has 1 aromatic carbocycles. The zero-order valence-electron chi connectivity index (χ0n) is 12.7. The molecule has 0 aliphatic carbocycles. The van der Waals surface area contributed by atoms with Crippen LogP contribution in [0.4, 0.5) is 11.5 Å². The van der Waals surface area contributed by atoms with Crippen molar-refractivity contribution in [3.63, 3.8) is 0 Å². The number of nitrogens with one attached hydrogen (secondary N) is 1. The second-order valence-corrected chi connectivity index (χ2v) is 4.85. The van der Waals surface area contributed by atoms with Gasteiger partial charge in [-0.15, -0.1) is 14.8 Å². The molecular weight excluding hydrogens is 298 g/mol. The molecule has 0 saturated carbocycles. The van der Waals surface area contributed by atoms with E-state index in [1.807, 2.05) is 0 Å². The fourth-order valence-corrected chi connectivity index (χ4v) is 2.02. The van der Waals surface area contributed by atoms with Crippen LogP contribution in [0.1, 0.15) is 0 Å². The summed E-state index contributed by atoms with van der Waals surface area (Å²) in [6, 6.07) is 10.6. The minimum absolute atomic E-state index is 0.145. The number of carbonyl (C=O) groups excluding carboxylic acids is 1. The molecular formula is C14H15N7O2.